The molecular formula is C24H20ClN9O3. The smallest absolute Gasteiger partial charge is 0.247 e. The first kappa shape index (κ1) is 25.2. The number of nitrogens with zero attached hydrogens (tertiary/aromatic N) is 7. The van der Waals surface area contributed by atoms with Gasteiger partial charge in [-0.1, -0.05) is 34.5 Å². The summed E-state index contributed by atoms with van der Waals surface area (Å²) in [4.78, 5) is 27.2. The third-order valence-corrected chi connectivity index (χ3v) is 5.20. The van der Waals surface area contributed by atoms with Crippen LogP contribution in [0.3, 0.4) is 0 Å². The van der Waals surface area contributed by atoms with Crippen LogP contribution >= 0.6 is 11.6 Å². The van der Waals surface area contributed by atoms with Gasteiger partial charge in [-0.2, -0.15) is 0 Å². The van der Waals surface area contributed by atoms with Crippen LogP contribution in [0, 0.1) is 0 Å². The van der Waals surface area contributed by atoms with Crippen molar-refractivity contribution >= 4 is 29.0 Å². The van der Waals surface area contributed by atoms with Crippen LogP contribution in [-0.4, -0.2) is 32.6 Å². The minimum atomic E-state index is -0.452. The average molecular weight is 518 g/mol. The van der Waals surface area contributed by atoms with Gasteiger partial charge in [0.1, 0.15) is 30.2 Å². The zero-order valence-corrected chi connectivity index (χ0v) is 20.1. The quantitative estimate of drug-likeness (QED) is 0.122. The van der Waals surface area contributed by atoms with Gasteiger partial charge in [-0.3, -0.25) is 9.78 Å². The van der Waals surface area contributed by atoms with Crippen molar-refractivity contribution in [1.29, 1.82) is 0 Å². The maximum atomic E-state index is 12.0. The summed E-state index contributed by atoms with van der Waals surface area (Å²) >= 11 is 6.42. The lowest BCUT2D eigenvalue weighted by molar-refractivity contribution is -0.117. The monoisotopic (exact) mass is 517 g/mol. The Morgan fingerprint density at radius 2 is 2.11 bits per heavy atom. The van der Waals surface area contributed by atoms with Gasteiger partial charge in [0.2, 0.25) is 5.91 Å². The molecule has 0 spiro atoms. The van der Waals surface area contributed by atoms with Crippen molar-refractivity contribution in [2.75, 3.05) is 11.9 Å². The zero-order chi connectivity index (χ0) is 26.0. The number of carbonyl (C=O) groups excluding carboxylic acids is 1. The minimum Gasteiger partial charge on any atom is -0.486 e. The van der Waals surface area contributed by atoms with Gasteiger partial charge in [-0.05, 0) is 35.9 Å². The summed E-state index contributed by atoms with van der Waals surface area (Å²) in [6.07, 6.45) is 4.67. The Kier molecular flexibility index (Phi) is 8.27. The highest BCUT2D eigenvalue weighted by Gasteiger charge is 2.15. The SMILES string of the molecule is C=C(CN=[N+]=[N-])C(=O)NCc1cc(-c2cncnc2Nc2ccc(OCc3ccccn3)c(Cl)c2)on1. The molecule has 13 heteroatoms. The van der Waals surface area contributed by atoms with E-state index in [0.29, 0.717) is 45.9 Å². The molecule has 0 saturated carbocycles. The van der Waals surface area contributed by atoms with Crippen molar-refractivity contribution in [2.45, 2.75) is 13.2 Å². The van der Waals surface area contributed by atoms with Gasteiger partial charge in [0.15, 0.2) is 5.76 Å². The molecule has 1 amide bonds. The number of halogens is 1. The van der Waals surface area contributed by atoms with Crippen LogP contribution in [0.4, 0.5) is 11.5 Å². The lowest BCUT2D eigenvalue weighted by atomic mass is 10.2. The molecule has 186 valence electrons. The second-order valence-electron chi connectivity index (χ2n) is 7.52. The first-order chi connectivity index (χ1) is 18.0. The summed E-state index contributed by atoms with van der Waals surface area (Å²) in [5.74, 6) is 0.917. The molecule has 0 unspecified atom stereocenters. The van der Waals surface area contributed by atoms with Gasteiger partial charge in [0, 0.05) is 34.6 Å². The van der Waals surface area contributed by atoms with E-state index in [9.17, 15) is 4.79 Å². The number of ether oxygens (including phenoxy) is 1. The van der Waals surface area contributed by atoms with Gasteiger partial charge in [0.25, 0.3) is 0 Å². The number of azide groups is 1. The van der Waals surface area contributed by atoms with Crippen LogP contribution in [0.25, 0.3) is 21.8 Å². The Balaban J connectivity index is 1.42. The van der Waals surface area contributed by atoms with Crippen LogP contribution in [0.1, 0.15) is 11.4 Å². The Morgan fingerprint density at radius 1 is 1.22 bits per heavy atom. The fourth-order valence-corrected chi connectivity index (χ4v) is 3.32. The van der Waals surface area contributed by atoms with E-state index in [-0.39, 0.29) is 18.7 Å². The molecule has 0 fully saturated rings. The third kappa shape index (κ3) is 6.82. The number of hydrogen-bond acceptors (Lipinski definition) is 9. The van der Waals surface area contributed by atoms with E-state index in [2.05, 4.69) is 47.3 Å². The number of hydrogen-bond donors (Lipinski definition) is 2. The van der Waals surface area contributed by atoms with Gasteiger partial charge in [-0.15, -0.1) is 0 Å². The molecule has 0 atom stereocenters. The molecule has 0 radical (unpaired) electrons. The minimum absolute atomic E-state index is 0.0869. The Morgan fingerprint density at radius 3 is 2.89 bits per heavy atom. The van der Waals surface area contributed by atoms with Crippen molar-refractivity contribution in [3.63, 3.8) is 0 Å². The number of rotatable bonds is 11. The number of benzene rings is 1. The van der Waals surface area contributed by atoms with Crippen molar-refractivity contribution in [3.05, 3.63) is 100 Å². The largest absolute Gasteiger partial charge is 0.486 e. The molecule has 3 aromatic heterocycles. The van der Waals surface area contributed by atoms with Crippen LogP contribution in [0.15, 0.2) is 83.0 Å². The highest BCUT2D eigenvalue weighted by atomic mass is 35.5. The molecule has 37 heavy (non-hydrogen) atoms. The molecule has 2 N–H and O–H groups in total. The van der Waals surface area contributed by atoms with Crippen LogP contribution < -0.4 is 15.4 Å². The van der Waals surface area contributed by atoms with Crippen molar-refractivity contribution in [3.8, 4) is 17.1 Å². The molecule has 3 heterocycles. The summed E-state index contributed by atoms with van der Waals surface area (Å²) in [7, 11) is 0. The number of nitrogens with one attached hydrogen (secondary N) is 2. The molecule has 12 nitrogen and oxygen atoms in total. The van der Waals surface area contributed by atoms with E-state index in [4.69, 9.17) is 26.4 Å². The Labute approximate surface area is 216 Å². The fraction of sp³-hybridized carbons (Fsp3) is 0.125. The van der Waals surface area contributed by atoms with Crippen molar-refractivity contribution < 1.29 is 14.1 Å². The number of aromatic nitrogens is 4. The lowest BCUT2D eigenvalue weighted by Crippen LogP contribution is -2.25. The molecule has 0 aliphatic carbocycles. The molecule has 1 aromatic carbocycles. The number of carbonyl (C=O) groups is 1. The molecule has 0 aliphatic rings. The molecule has 4 rings (SSSR count). The highest BCUT2D eigenvalue weighted by Crippen LogP contribution is 2.32. The molecule has 4 aromatic rings. The van der Waals surface area contributed by atoms with E-state index in [1.165, 1.54) is 6.33 Å². The number of amides is 1. The Hall–Kier alpha value is -4.93. The Bertz CT molecular complexity index is 1450. The predicted octanol–water partition coefficient (Wildman–Crippen LogP) is 4.99. The van der Waals surface area contributed by atoms with Crippen molar-refractivity contribution in [2.24, 2.45) is 5.11 Å². The summed E-state index contributed by atoms with van der Waals surface area (Å²) in [5.41, 5.74) is 11.0. The van der Waals surface area contributed by atoms with Crippen LogP contribution in [-0.2, 0) is 17.9 Å². The topological polar surface area (TPSA) is 164 Å². The highest BCUT2D eigenvalue weighted by molar-refractivity contribution is 6.32. The van der Waals surface area contributed by atoms with Gasteiger partial charge >= 0.3 is 0 Å². The fourth-order valence-electron chi connectivity index (χ4n) is 3.08. The maximum absolute atomic E-state index is 12.0. The predicted molar refractivity (Wildman–Crippen MR) is 136 cm³/mol. The van der Waals surface area contributed by atoms with Gasteiger partial charge < -0.3 is 19.9 Å². The van der Waals surface area contributed by atoms with E-state index in [1.807, 2.05) is 18.2 Å². The van der Waals surface area contributed by atoms with E-state index in [1.54, 1.807) is 36.7 Å². The van der Waals surface area contributed by atoms with Crippen LogP contribution in [0.2, 0.25) is 5.02 Å². The average Bonchev–Trinajstić information content (AvgIpc) is 3.39. The standard InChI is InChI=1S/C24H20ClN9O3/c1-15(10-31-34-26)24(35)29-11-18-9-22(37-33-18)19-12-27-14-30-23(19)32-16-5-6-21(20(25)8-16)36-13-17-4-2-3-7-28-17/h2-9,12,14H,1,10-11,13H2,(H,29,35)(H,27,30,32). The number of pyridine rings is 1. The molecular weight excluding hydrogens is 498 g/mol. The summed E-state index contributed by atoms with van der Waals surface area (Å²) < 4.78 is 11.2. The normalized spacial score (nSPS) is 10.3. The molecule has 0 bridgehead atoms. The summed E-state index contributed by atoms with van der Waals surface area (Å²) in [6.45, 7) is 3.84. The first-order valence-corrected chi connectivity index (χ1v) is 11.2. The number of anilines is 2. The van der Waals surface area contributed by atoms with Gasteiger partial charge in [-0.25, -0.2) is 9.97 Å². The van der Waals surface area contributed by atoms with E-state index >= 15 is 0 Å². The summed E-state index contributed by atoms with van der Waals surface area (Å²) in [5, 5.41) is 13.5. The van der Waals surface area contributed by atoms with E-state index < -0.39 is 5.91 Å². The second-order valence-corrected chi connectivity index (χ2v) is 7.93. The second kappa shape index (κ2) is 12.2. The van der Waals surface area contributed by atoms with Crippen LogP contribution in [0.5, 0.6) is 5.75 Å². The third-order valence-electron chi connectivity index (χ3n) is 4.91. The summed E-state index contributed by atoms with van der Waals surface area (Å²) in [6, 6.07) is 12.5. The molecule has 0 saturated heterocycles. The van der Waals surface area contributed by atoms with Gasteiger partial charge in [0.05, 0.1) is 29.4 Å². The maximum Gasteiger partial charge on any atom is 0.247 e. The first-order valence-electron chi connectivity index (χ1n) is 10.9. The zero-order valence-electron chi connectivity index (χ0n) is 19.3. The van der Waals surface area contributed by atoms with E-state index in [0.717, 1.165) is 5.69 Å². The van der Waals surface area contributed by atoms with Crippen molar-refractivity contribution in [1.82, 2.24) is 25.4 Å². The molecule has 0 aliphatic heterocycles. The lowest BCUT2D eigenvalue weighted by Gasteiger charge is -2.11.